The molecule has 0 bridgehead atoms. The Morgan fingerprint density at radius 2 is 1.47 bits per heavy atom. The maximum atomic E-state index is 3.78. The monoisotopic (exact) mass is 396 g/mol. The lowest BCUT2D eigenvalue weighted by molar-refractivity contribution is -1.07. The van der Waals surface area contributed by atoms with Crippen molar-refractivity contribution in [2.24, 2.45) is 0 Å². The molecule has 0 aliphatic rings. The molecule has 0 spiro atoms. The Labute approximate surface area is 141 Å². The summed E-state index contributed by atoms with van der Waals surface area (Å²) >= 11 is 0. The van der Waals surface area contributed by atoms with Crippen LogP contribution < -0.4 is 36.4 Å². The molecule has 4 heteroatoms. The third kappa shape index (κ3) is 8.63. The smallest absolute Gasteiger partial charge is 0.206 e. The number of hydrogen-bond acceptors (Lipinski definition) is 0. The van der Waals surface area contributed by atoms with Gasteiger partial charge >= 0.3 is 0 Å². The molecule has 1 rings (SSSR count). The van der Waals surface area contributed by atoms with Gasteiger partial charge in [-0.3, -0.25) is 8.97 Å². The molecule has 0 saturated carbocycles. The van der Waals surface area contributed by atoms with Crippen LogP contribution in [0.2, 0.25) is 0 Å². The fourth-order valence-electron chi connectivity index (χ4n) is 2.45. The Kier molecular flexibility index (Phi) is 9.20. The van der Waals surface area contributed by atoms with Crippen molar-refractivity contribution >= 4 is 6.08 Å². The van der Waals surface area contributed by atoms with Gasteiger partial charge in [0.25, 0.3) is 0 Å². The second kappa shape index (κ2) is 8.25. The highest BCUT2D eigenvalue weighted by Crippen LogP contribution is 2.13. The normalized spacial score (nSPS) is 11.2. The maximum Gasteiger partial charge on any atom is 0.206 e. The van der Waals surface area contributed by atoms with Crippen molar-refractivity contribution in [1.82, 2.24) is 0 Å². The minimum absolute atomic E-state index is 0. The van der Waals surface area contributed by atoms with Gasteiger partial charge in [-0.25, -0.2) is 0 Å². The molecule has 0 aromatic heterocycles. The summed E-state index contributed by atoms with van der Waals surface area (Å²) in [6, 6.07) is 8.67. The Morgan fingerprint density at radius 1 is 1.00 bits per heavy atom. The molecule has 110 valence electrons. The first-order valence-electron chi connectivity index (χ1n) is 6.06. The largest absolute Gasteiger partial charge is 1.00 e. The maximum absolute atomic E-state index is 3.78. The Hall–Kier alpha value is -0.100. The van der Waals surface area contributed by atoms with Crippen LogP contribution in [0.3, 0.4) is 0 Å². The van der Waals surface area contributed by atoms with E-state index >= 15 is 0 Å². The summed E-state index contributed by atoms with van der Waals surface area (Å²) in [7, 11) is 11.3. The predicted molar refractivity (Wildman–Crippen MR) is 75.2 cm³/mol. The second-order valence-corrected chi connectivity index (χ2v) is 6.47. The second-order valence-electron chi connectivity index (χ2n) is 6.47. The van der Waals surface area contributed by atoms with Gasteiger partial charge in [-0.2, -0.15) is 0 Å². The minimum atomic E-state index is 0. The first-order valence-corrected chi connectivity index (χ1v) is 6.06. The fraction of sp³-hybridized carbons (Fsp3) is 0.467. The molecular weight excluding hydrogens is 371 g/mol. The van der Waals surface area contributed by atoms with E-state index < -0.39 is 0 Å². The molecule has 0 aliphatic carbocycles. The Morgan fingerprint density at radius 3 is 1.84 bits per heavy atom. The number of rotatable bonds is 5. The van der Waals surface area contributed by atoms with Crippen LogP contribution in [0.5, 0.6) is 0 Å². The van der Waals surface area contributed by atoms with Crippen LogP contribution in [0, 0.1) is 0 Å². The van der Waals surface area contributed by atoms with E-state index in [1.807, 2.05) is 6.08 Å². The van der Waals surface area contributed by atoms with Crippen LogP contribution in [-0.4, -0.2) is 50.9 Å². The van der Waals surface area contributed by atoms with Gasteiger partial charge in [-0.1, -0.05) is 36.9 Å². The average molecular weight is 397 g/mol. The molecule has 0 atom stereocenters. The van der Waals surface area contributed by atoms with E-state index in [0.717, 1.165) is 22.2 Å². The summed E-state index contributed by atoms with van der Waals surface area (Å²) in [4.78, 5) is 0. The summed E-state index contributed by atoms with van der Waals surface area (Å²) in [6.07, 6.45) is 1.88. The van der Waals surface area contributed by atoms with Crippen LogP contribution in [0.25, 0.3) is 6.08 Å². The third-order valence-electron chi connectivity index (χ3n) is 2.63. The SMILES string of the molecule is C=Cc1ccc(C[N+](C)(C)C[N+](C)(C)C)cc1.[Cl-].[I-]. The molecule has 2 nitrogen and oxygen atoms in total. The zero-order chi connectivity index (χ0) is 13.1. The lowest BCUT2D eigenvalue weighted by Gasteiger charge is -2.36. The van der Waals surface area contributed by atoms with Crippen molar-refractivity contribution < 1.29 is 45.3 Å². The van der Waals surface area contributed by atoms with Crippen molar-refractivity contribution in [3.8, 4) is 0 Å². The van der Waals surface area contributed by atoms with Gasteiger partial charge in [-0.05, 0) is 5.56 Å². The molecule has 1 aromatic carbocycles. The lowest BCUT2D eigenvalue weighted by atomic mass is 10.1. The highest BCUT2D eigenvalue weighted by Gasteiger charge is 2.23. The van der Waals surface area contributed by atoms with E-state index in [1.165, 1.54) is 11.1 Å². The van der Waals surface area contributed by atoms with Gasteiger partial charge in [-0.15, -0.1) is 0 Å². The number of quaternary nitrogens is 2. The standard InChI is InChI=1S/C15H26N2.ClH.HI/c1-7-14-8-10-15(11-9-14)12-17(5,6)13-16(2,3)4;;/h7-11H,1,12-13H2,2-6H3;2*1H/q+2;;/p-2. The van der Waals surface area contributed by atoms with Crippen LogP contribution in [0.1, 0.15) is 11.1 Å². The summed E-state index contributed by atoms with van der Waals surface area (Å²) in [5.74, 6) is 0. The van der Waals surface area contributed by atoms with Crippen LogP contribution in [0.4, 0.5) is 0 Å². The van der Waals surface area contributed by atoms with Crippen LogP contribution in [0.15, 0.2) is 30.8 Å². The predicted octanol–water partition coefficient (Wildman–Crippen LogP) is -3.42. The summed E-state index contributed by atoms with van der Waals surface area (Å²) in [5, 5.41) is 0. The number of benzene rings is 1. The zero-order valence-electron chi connectivity index (χ0n) is 12.7. The molecule has 0 saturated heterocycles. The number of hydrogen-bond donors (Lipinski definition) is 0. The average Bonchev–Trinajstić information content (AvgIpc) is 2.14. The van der Waals surface area contributed by atoms with Crippen molar-refractivity contribution in [3.63, 3.8) is 0 Å². The van der Waals surface area contributed by atoms with Crippen LogP contribution in [-0.2, 0) is 6.54 Å². The third-order valence-corrected chi connectivity index (χ3v) is 2.63. The molecule has 0 radical (unpaired) electrons. The van der Waals surface area contributed by atoms with E-state index in [9.17, 15) is 0 Å². The van der Waals surface area contributed by atoms with E-state index in [1.54, 1.807) is 0 Å². The van der Waals surface area contributed by atoms with Crippen molar-refractivity contribution in [1.29, 1.82) is 0 Å². The first-order chi connectivity index (χ1) is 7.72. The topological polar surface area (TPSA) is 0 Å². The summed E-state index contributed by atoms with van der Waals surface area (Å²) in [5.41, 5.74) is 2.57. The van der Waals surface area contributed by atoms with Crippen molar-refractivity contribution in [2.45, 2.75) is 6.54 Å². The van der Waals surface area contributed by atoms with E-state index in [2.05, 4.69) is 66.1 Å². The van der Waals surface area contributed by atoms with E-state index in [0.29, 0.717) is 0 Å². The number of halogens is 2. The van der Waals surface area contributed by atoms with Gasteiger partial charge in [0.05, 0.1) is 35.2 Å². The molecule has 0 heterocycles. The van der Waals surface area contributed by atoms with E-state index in [-0.39, 0.29) is 36.4 Å². The molecule has 0 amide bonds. The van der Waals surface area contributed by atoms with Gasteiger partial charge in [0.15, 0.2) is 0 Å². The highest BCUT2D eigenvalue weighted by molar-refractivity contribution is 5.47. The zero-order valence-corrected chi connectivity index (χ0v) is 15.6. The lowest BCUT2D eigenvalue weighted by Crippen LogP contribution is -3.00. The van der Waals surface area contributed by atoms with Gasteiger partial charge in [0.1, 0.15) is 6.54 Å². The minimum Gasteiger partial charge on any atom is -1.00 e. The quantitative estimate of drug-likeness (QED) is 0.276. The molecule has 0 fully saturated rings. The highest BCUT2D eigenvalue weighted by atomic mass is 127. The molecule has 0 N–H and O–H groups in total. The molecular formula is C15H26ClIN2. The first kappa shape index (κ1) is 21.2. The Balaban J connectivity index is 0. The van der Waals surface area contributed by atoms with Crippen LogP contribution >= 0.6 is 0 Å². The Bertz CT molecular complexity index is 380. The molecule has 19 heavy (non-hydrogen) atoms. The van der Waals surface area contributed by atoms with Gasteiger partial charge < -0.3 is 36.4 Å². The van der Waals surface area contributed by atoms with Crippen molar-refractivity contribution in [3.05, 3.63) is 42.0 Å². The van der Waals surface area contributed by atoms with Crippen molar-refractivity contribution in [2.75, 3.05) is 41.9 Å². The molecule has 0 aliphatic heterocycles. The number of nitrogens with zero attached hydrogens (tertiary/aromatic N) is 2. The molecule has 1 aromatic rings. The van der Waals surface area contributed by atoms with Gasteiger partial charge in [0, 0.05) is 5.56 Å². The summed E-state index contributed by atoms with van der Waals surface area (Å²) < 4.78 is 1.98. The summed E-state index contributed by atoms with van der Waals surface area (Å²) in [6.45, 7) is 5.95. The fourth-order valence-corrected chi connectivity index (χ4v) is 2.45. The van der Waals surface area contributed by atoms with Gasteiger partial charge in [0.2, 0.25) is 6.67 Å². The molecule has 0 unspecified atom stereocenters. The van der Waals surface area contributed by atoms with E-state index in [4.69, 9.17) is 0 Å².